The van der Waals surface area contributed by atoms with Gasteiger partial charge in [-0.15, -0.1) is 23.2 Å². The van der Waals surface area contributed by atoms with Crippen molar-refractivity contribution >= 4 is 78.4 Å². The van der Waals surface area contributed by atoms with Crippen LogP contribution in [0, 0.1) is 0 Å². The molecule has 0 saturated heterocycles. The van der Waals surface area contributed by atoms with Gasteiger partial charge in [-0.1, -0.05) is 133 Å². The first-order valence-electron chi connectivity index (χ1n) is 18.2. The van der Waals surface area contributed by atoms with E-state index in [1.807, 2.05) is 0 Å². The van der Waals surface area contributed by atoms with Gasteiger partial charge in [-0.05, 0) is 150 Å². The average molecular weight is 708 g/mol. The van der Waals surface area contributed by atoms with E-state index in [0.717, 1.165) is 0 Å². The summed E-state index contributed by atoms with van der Waals surface area (Å²) in [5.74, 6) is 0. The van der Waals surface area contributed by atoms with Gasteiger partial charge in [0.25, 0.3) is 0 Å². The van der Waals surface area contributed by atoms with E-state index in [9.17, 15) is 0 Å². The molecule has 8 aromatic rings. The van der Waals surface area contributed by atoms with Crippen LogP contribution in [0.15, 0.2) is 157 Å². The van der Waals surface area contributed by atoms with Gasteiger partial charge in [0.1, 0.15) is 0 Å². The Labute approximate surface area is 314 Å². The van der Waals surface area contributed by atoms with Crippen LogP contribution in [0.25, 0.3) is 77.5 Å². The van der Waals surface area contributed by atoms with Crippen molar-refractivity contribution in [3.8, 4) is 22.3 Å². The molecule has 0 amide bonds. The summed E-state index contributed by atoms with van der Waals surface area (Å²) < 4.78 is 0. The molecule has 0 fully saturated rings. The van der Waals surface area contributed by atoms with Crippen molar-refractivity contribution in [2.75, 3.05) is 0 Å². The maximum absolute atomic E-state index is 7.82. The Hall–Kier alpha value is -5.14. The van der Waals surface area contributed by atoms with Gasteiger partial charge >= 0.3 is 0 Å². The van der Waals surface area contributed by atoms with Crippen molar-refractivity contribution in [1.29, 1.82) is 0 Å². The van der Waals surface area contributed by atoms with Gasteiger partial charge in [0, 0.05) is 0 Å². The maximum atomic E-state index is 7.82. The van der Waals surface area contributed by atoms with Gasteiger partial charge in [-0.25, -0.2) is 0 Å². The zero-order valence-corrected chi connectivity index (χ0v) is 30.7. The number of allylic oxidation sites excluding steroid dienone is 2. The molecule has 2 aliphatic rings. The highest BCUT2D eigenvalue weighted by molar-refractivity contribution is 6.29. The van der Waals surface area contributed by atoms with E-state index in [-0.39, 0.29) is 0 Å². The molecule has 0 aliphatic heterocycles. The molecule has 10 rings (SSSR count). The summed E-state index contributed by atoms with van der Waals surface area (Å²) in [5.41, 5.74) is 12.0. The number of fused-ring (bicyclic) bond motifs is 6. The molecule has 250 valence electrons. The van der Waals surface area contributed by atoms with Crippen LogP contribution < -0.4 is 0 Å². The quantitative estimate of drug-likeness (QED) is 0.123. The normalized spacial score (nSPS) is 19.3. The Bertz CT molecular complexity index is 2660. The second-order valence-electron chi connectivity index (χ2n) is 14.7. The van der Waals surface area contributed by atoms with Crippen LogP contribution in [0.5, 0.6) is 0 Å². The number of benzene rings is 8. The van der Waals surface area contributed by atoms with Gasteiger partial charge in [0.15, 0.2) is 0 Å². The van der Waals surface area contributed by atoms with Gasteiger partial charge in [-0.3, -0.25) is 0 Å². The first-order chi connectivity index (χ1) is 25.3. The van der Waals surface area contributed by atoms with Crippen molar-refractivity contribution in [2.45, 2.75) is 36.4 Å². The molecule has 2 atom stereocenters. The molecule has 0 bridgehead atoms. The lowest BCUT2D eigenvalue weighted by atomic mass is 9.82. The Kier molecular flexibility index (Phi) is 7.10. The average Bonchev–Trinajstić information content (AvgIpc) is 3.59. The summed E-state index contributed by atoms with van der Waals surface area (Å²) in [7, 11) is 0. The lowest BCUT2D eigenvalue weighted by Crippen LogP contribution is -2.25. The Balaban J connectivity index is 1.02. The predicted octanol–water partition coefficient (Wildman–Crippen LogP) is 14.8. The smallest absolute Gasteiger partial charge is 0.0911 e. The molecule has 0 heterocycles. The molecule has 52 heavy (non-hydrogen) atoms. The zero-order valence-electron chi connectivity index (χ0n) is 29.2. The van der Waals surface area contributed by atoms with Gasteiger partial charge in [-0.2, -0.15) is 0 Å². The van der Waals surface area contributed by atoms with E-state index in [2.05, 4.69) is 172 Å². The number of hydrogen-bond acceptors (Lipinski definition) is 0. The first-order valence-corrected chi connectivity index (χ1v) is 18.9. The fraction of sp³-hybridized carbons (Fsp3) is 0.120. The third-order valence-electron chi connectivity index (χ3n) is 11.9. The molecule has 0 radical (unpaired) electrons. The lowest BCUT2D eigenvalue weighted by Gasteiger charge is -2.32. The minimum Gasteiger partial charge on any atom is -0.109 e. The van der Waals surface area contributed by atoms with Gasteiger partial charge in [0.2, 0.25) is 0 Å². The number of alkyl halides is 2. The van der Waals surface area contributed by atoms with E-state index in [1.54, 1.807) is 0 Å². The summed E-state index contributed by atoms with van der Waals surface area (Å²) in [6.45, 7) is 4.36. The Morgan fingerprint density at radius 3 is 1.15 bits per heavy atom. The molecule has 2 unspecified atom stereocenters. The fourth-order valence-electron chi connectivity index (χ4n) is 9.10. The summed E-state index contributed by atoms with van der Waals surface area (Å²) in [6, 6.07) is 53.0. The van der Waals surface area contributed by atoms with Gasteiger partial charge in [0.05, 0.1) is 9.75 Å². The topological polar surface area (TPSA) is 0 Å². The highest BCUT2D eigenvalue weighted by Gasteiger charge is 2.44. The largest absolute Gasteiger partial charge is 0.109 e. The van der Waals surface area contributed by atoms with Crippen molar-refractivity contribution < 1.29 is 0 Å². The molecule has 0 saturated carbocycles. The Morgan fingerprint density at radius 2 is 0.731 bits per heavy atom. The molecule has 8 aromatic carbocycles. The van der Waals surface area contributed by atoms with E-state index < -0.39 is 9.75 Å². The van der Waals surface area contributed by atoms with Crippen molar-refractivity contribution in [3.63, 3.8) is 0 Å². The second-order valence-corrected chi connectivity index (χ2v) is 16.0. The molecule has 2 aliphatic carbocycles. The van der Waals surface area contributed by atoms with Crippen LogP contribution in [0.4, 0.5) is 0 Å². The van der Waals surface area contributed by atoms with Crippen LogP contribution in [0.2, 0.25) is 0 Å². The molecule has 2 heteroatoms. The van der Waals surface area contributed by atoms with E-state index in [1.165, 1.54) is 98.7 Å². The van der Waals surface area contributed by atoms with E-state index in [0.29, 0.717) is 12.8 Å². The molecule has 0 aromatic heterocycles. The van der Waals surface area contributed by atoms with Crippen LogP contribution in [0.3, 0.4) is 0 Å². The number of halogens is 2. The summed E-state index contributed by atoms with van der Waals surface area (Å²) in [5, 5.41) is 10.0. The standard InChI is InChI=1S/C50H36Cl2/c1-31-25-45-41(39-17-7-15-37-27-33-11-3-5-13-35(33)29-43(37)39)19-9-21-47(45)49(31,51)23-24-50(52)32(2)26-46-42(20-10-22-48(46)50)40-18-8-16-38-28-34-12-4-6-14-36(34)30-44(38)40/h3-22,25-30H,23-24H2,1-2H3. The van der Waals surface area contributed by atoms with E-state index >= 15 is 0 Å². The van der Waals surface area contributed by atoms with Crippen LogP contribution in [0.1, 0.15) is 48.9 Å². The summed E-state index contributed by atoms with van der Waals surface area (Å²) in [4.78, 5) is -1.30. The third-order valence-corrected chi connectivity index (χ3v) is 13.3. The van der Waals surface area contributed by atoms with Crippen LogP contribution >= 0.6 is 23.2 Å². The molecular weight excluding hydrogens is 671 g/mol. The molecule has 0 spiro atoms. The summed E-state index contributed by atoms with van der Waals surface area (Å²) in [6.07, 6.45) is 6.05. The van der Waals surface area contributed by atoms with Gasteiger partial charge < -0.3 is 0 Å². The van der Waals surface area contributed by atoms with Crippen LogP contribution in [-0.4, -0.2) is 0 Å². The monoisotopic (exact) mass is 706 g/mol. The SMILES string of the molecule is CC1=Cc2c(-c3cccc4cc5ccccc5cc34)cccc2C1(Cl)CCC1(Cl)C(C)=Cc2c(-c3cccc4cc5ccccc5cc34)cccc21. The Morgan fingerprint density at radius 1 is 0.385 bits per heavy atom. The third kappa shape index (κ3) is 4.68. The first kappa shape index (κ1) is 31.6. The molecule has 0 N–H and O–H groups in total. The minimum atomic E-state index is -0.651. The molecular formula is C50H36Cl2. The zero-order chi connectivity index (χ0) is 35.2. The second kappa shape index (κ2) is 11.7. The highest BCUT2D eigenvalue weighted by Crippen LogP contribution is 2.56. The summed E-state index contributed by atoms with van der Waals surface area (Å²) >= 11 is 15.6. The maximum Gasteiger partial charge on any atom is 0.0911 e. The predicted molar refractivity (Wildman–Crippen MR) is 225 cm³/mol. The van der Waals surface area contributed by atoms with Crippen molar-refractivity contribution in [1.82, 2.24) is 0 Å². The van der Waals surface area contributed by atoms with Crippen molar-refractivity contribution in [2.24, 2.45) is 0 Å². The van der Waals surface area contributed by atoms with Crippen LogP contribution in [-0.2, 0) is 9.75 Å². The fourth-order valence-corrected chi connectivity index (χ4v) is 9.73. The minimum absolute atomic E-state index is 0.651. The number of hydrogen-bond donors (Lipinski definition) is 0. The number of rotatable bonds is 5. The lowest BCUT2D eigenvalue weighted by molar-refractivity contribution is 0.537. The molecule has 0 nitrogen and oxygen atoms in total. The highest BCUT2D eigenvalue weighted by atomic mass is 35.5. The van der Waals surface area contributed by atoms with Crippen molar-refractivity contribution in [3.05, 3.63) is 179 Å². The van der Waals surface area contributed by atoms with E-state index in [4.69, 9.17) is 23.2 Å².